The minimum Gasteiger partial charge on any atom is -0.506 e. The highest BCUT2D eigenvalue weighted by molar-refractivity contribution is 5.97. The molecular formula is C47H55N4O7+. The number of phenols is 1. The lowest BCUT2D eigenvalue weighted by atomic mass is 9.83. The van der Waals surface area contributed by atoms with Gasteiger partial charge in [0.1, 0.15) is 24.6 Å². The molecule has 2 bridgehead atoms. The first-order chi connectivity index (χ1) is 28.3. The van der Waals surface area contributed by atoms with Crippen LogP contribution in [0.25, 0.3) is 10.9 Å². The number of aromatic nitrogens is 1. The minimum absolute atomic E-state index is 0.0234. The molecule has 5 N–H and O–H groups in total. The van der Waals surface area contributed by atoms with Gasteiger partial charge in [-0.15, -0.1) is 0 Å². The number of benzene rings is 4. The number of quaternary nitrogens is 1. The van der Waals surface area contributed by atoms with E-state index in [4.69, 9.17) is 9.47 Å². The van der Waals surface area contributed by atoms with Crippen molar-refractivity contribution >= 4 is 22.8 Å². The molecule has 0 spiro atoms. The van der Waals surface area contributed by atoms with E-state index in [1.165, 1.54) is 12.1 Å². The molecule has 3 saturated heterocycles. The molecule has 1 aromatic heterocycles. The van der Waals surface area contributed by atoms with Gasteiger partial charge in [-0.25, -0.2) is 4.79 Å². The van der Waals surface area contributed by atoms with E-state index in [0.717, 1.165) is 87.0 Å². The molecule has 58 heavy (non-hydrogen) atoms. The Kier molecular flexibility index (Phi) is 13.5. The zero-order chi connectivity index (χ0) is 40.3. The number of ketones is 1. The lowest BCUT2D eigenvalue weighted by Crippen LogP contribution is -2.66. The van der Waals surface area contributed by atoms with Crippen LogP contribution in [0, 0.1) is 5.92 Å². The van der Waals surface area contributed by atoms with E-state index in [2.05, 4.69) is 15.6 Å². The van der Waals surface area contributed by atoms with Crippen molar-refractivity contribution in [2.75, 3.05) is 45.9 Å². The Hall–Kier alpha value is -5.49. The fourth-order valence-corrected chi connectivity index (χ4v) is 8.65. The van der Waals surface area contributed by atoms with Crippen LogP contribution in [-0.4, -0.2) is 83.5 Å². The normalized spacial score (nSPS) is 19.7. The molecule has 3 atom stereocenters. The average molecular weight is 788 g/mol. The Balaban J connectivity index is 0.845. The first kappa shape index (κ1) is 40.7. The number of unbranched alkanes of at least 4 members (excludes halogenated alkanes) is 4. The van der Waals surface area contributed by atoms with Gasteiger partial charge < -0.3 is 39.8 Å². The summed E-state index contributed by atoms with van der Waals surface area (Å²) < 4.78 is 13.0. The number of aliphatic hydroxyl groups excluding tert-OH is 1. The topological polar surface area (TPSA) is 150 Å². The molecule has 11 heteroatoms. The summed E-state index contributed by atoms with van der Waals surface area (Å²) in [5, 5.41) is 28.0. The lowest BCUT2D eigenvalue weighted by Gasteiger charge is -2.51. The number of hydrogen-bond donors (Lipinski definition) is 5. The monoisotopic (exact) mass is 787 g/mol. The Morgan fingerprint density at radius 3 is 2.34 bits per heavy atom. The summed E-state index contributed by atoms with van der Waals surface area (Å²) in [6.45, 7) is 4.67. The number of ether oxygens (including phenoxy) is 2. The first-order valence-electron chi connectivity index (χ1n) is 20.7. The molecule has 0 saturated carbocycles. The van der Waals surface area contributed by atoms with Crippen LogP contribution in [0.1, 0.15) is 84.1 Å². The number of aliphatic hydroxyl groups is 1. The van der Waals surface area contributed by atoms with Crippen molar-refractivity contribution in [2.24, 2.45) is 5.92 Å². The van der Waals surface area contributed by atoms with Crippen molar-refractivity contribution in [1.82, 2.24) is 15.6 Å². The number of H-pyrrole nitrogens is 1. The Morgan fingerprint density at radius 2 is 1.55 bits per heavy atom. The van der Waals surface area contributed by atoms with Gasteiger partial charge >= 0.3 is 6.09 Å². The number of phenolic OH excluding ortho intramolecular Hbond substituents is 1. The highest BCUT2D eigenvalue weighted by Crippen LogP contribution is 2.36. The van der Waals surface area contributed by atoms with Gasteiger partial charge in [-0.1, -0.05) is 98.1 Å². The molecule has 0 aliphatic carbocycles. The first-order valence-corrected chi connectivity index (χ1v) is 20.7. The molecule has 5 aromatic rings. The van der Waals surface area contributed by atoms with Crippen molar-refractivity contribution < 1.29 is 33.8 Å². The summed E-state index contributed by atoms with van der Waals surface area (Å²) >= 11 is 0. The number of Topliss-reactive ketones (excluding diaryl/α,β-unsaturated/α-hetero) is 1. The number of aromatic hydroxyl groups is 1. The van der Waals surface area contributed by atoms with E-state index in [-0.39, 0.29) is 23.2 Å². The Labute approximate surface area is 339 Å². The molecule has 3 aliphatic heterocycles. The van der Waals surface area contributed by atoms with Crippen LogP contribution in [0.2, 0.25) is 0 Å². The van der Waals surface area contributed by atoms with Crippen LogP contribution < -0.4 is 20.9 Å². The third-order valence-electron chi connectivity index (χ3n) is 11.8. The molecular weight excluding hydrogens is 733 g/mol. The van der Waals surface area contributed by atoms with E-state index in [0.29, 0.717) is 53.1 Å². The quantitative estimate of drug-likeness (QED) is 0.0336. The zero-order valence-electron chi connectivity index (χ0n) is 33.0. The van der Waals surface area contributed by atoms with Gasteiger partial charge in [0.05, 0.1) is 37.4 Å². The number of aromatic amines is 1. The van der Waals surface area contributed by atoms with Crippen LogP contribution in [0.4, 0.5) is 4.79 Å². The van der Waals surface area contributed by atoms with E-state index >= 15 is 0 Å². The molecule has 3 aliphatic rings. The number of nitrogens with one attached hydrogen (secondary N) is 3. The molecule has 4 aromatic carbocycles. The molecule has 8 rings (SSSR count). The smallest absolute Gasteiger partial charge is 0.408 e. The number of carbonyl (C=O) groups excluding carboxylic acids is 2. The predicted octanol–water partition coefficient (Wildman–Crippen LogP) is 7.19. The Morgan fingerprint density at radius 1 is 0.828 bits per heavy atom. The molecule has 0 radical (unpaired) electrons. The van der Waals surface area contributed by atoms with Crippen molar-refractivity contribution in [3.05, 3.63) is 142 Å². The zero-order valence-corrected chi connectivity index (χ0v) is 33.0. The summed E-state index contributed by atoms with van der Waals surface area (Å²) in [7, 11) is 0. The summed E-state index contributed by atoms with van der Waals surface area (Å²) in [6, 6.07) is 33.0. The maximum atomic E-state index is 13.6. The fourth-order valence-electron chi connectivity index (χ4n) is 8.65. The van der Waals surface area contributed by atoms with Gasteiger partial charge in [-0.2, -0.15) is 0 Å². The third-order valence-corrected chi connectivity index (χ3v) is 11.8. The summed E-state index contributed by atoms with van der Waals surface area (Å²) in [5.41, 5.74) is 3.25. The fraction of sp³-hybridized carbons (Fsp3) is 0.383. The molecule has 4 heterocycles. The number of pyridine rings is 1. The molecule has 1 amide bonds. The van der Waals surface area contributed by atoms with Gasteiger partial charge in [0.15, 0.2) is 6.10 Å². The van der Waals surface area contributed by atoms with Gasteiger partial charge in [0.2, 0.25) is 11.3 Å². The second-order valence-corrected chi connectivity index (χ2v) is 15.9. The SMILES string of the molecule is O=C(NC(c1ccccc1)c1cccc(OCCCCCCCNC[C@H](O)c2ccc(O)c3[nH]c(=O)ccc23)c1)O[C@H]1C[N+]2(CC(=O)c3ccccc3)CCC1CC2. The van der Waals surface area contributed by atoms with E-state index in [9.17, 15) is 24.6 Å². The summed E-state index contributed by atoms with van der Waals surface area (Å²) in [6.07, 6.45) is 5.45. The number of nitrogens with zero attached hydrogens (tertiary/aromatic N) is 1. The predicted molar refractivity (Wildman–Crippen MR) is 224 cm³/mol. The third kappa shape index (κ3) is 10.3. The number of carbonyl (C=O) groups is 2. The number of rotatable bonds is 19. The number of alkyl carbamates (subject to hydrolysis) is 1. The average Bonchev–Trinajstić information content (AvgIpc) is 3.24. The highest BCUT2D eigenvalue weighted by atomic mass is 16.6. The standard InChI is InChI=1S/C47H54N4O7/c52-40-21-19-38(39-20-22-44(55)49-46(39)40)41(53)30-48-25-10-2-1-3-11-28-57-37-18-12-17-36(29-37)45(35-15-8-5-9-16-35)50-47(56)58-43-32-51(26-23-34(43)24-27-51)31-42(54)33-13-6-4-7-14-33/h4-9,12-22,29,34,41,43,45,48,53H,1-3,10-11,23-28,30-32H2,(H2-,49,50,52,55,56)/p+1/t34?,41-,43-,45?,51?/m0/s1. The second-order valence-electron chi connectivity index (χ2n) is 15.9. The van der Waals surface area contributed by atoms with Crippen LogP contribution in [-0.2, 0) is 4.74 Å². The van der Waals surface area contributed by atoms with Gasteiger partial charge in [0, 0.05) is 42.3 Å². The second kappa shape index (κ2) is 19.3. The van der Waals surface area contributed by atoms with Crippen molar-refractivity contribution in [3.63, 3.8) is 0 Å². The summed E-state index contributed by atoms with van der Waals surface area (Å²) in [5.74, 6) is 1.16. The summed E-state index contributed by atoms with van der Waals surface area (Å²) in [4.78, 5) is 41.1. The van der Waals surface area contributed by atoms with Crippen LogP contribution in [0.3, 0.4) is 0 Å². The van der Waals surface area contributed by atoms with E-state index < -0.39 is 18.2 Å². The largest absolute Gasteiger partial charge is 0.506 e. The number of amides is 1. The molecule has 1 unspecified atom stereocenters. The Bertz CT molecular complexity index is 2190. The minimum atomic E-state index is -0.772. The van der Waals surface area contributed by atoms with Gasteiger partial charge in [-0.3, -0.25) is 9.59 Å². The van der Waals surface area contributed by atoms with Crippen LogP contribution >= 0.6 is 0 Å². The van der Waals surface area contributed by atoms with E-state index in [1.807, 2.05) is 84.9 Å². The number of hydrogen-bond acceptors (Lipinski definition) is 8. The van der Waals surface area contributed by atoms with Crippen LogP contribution in [0.5, 0.6) is 11.5 Å². The number of fused-ring (bicyclic) bond motifs is 4. The maximum Gasteiger partial charge on any atom is 0.408 e. The van der Waals surface area contributed by atoms with Crippen molar-refractivity contribution in [3.8, 4) is 11.5 Å². The maximum absolute atomic E-state index is 13.6. The van der Waals surface area contributed by atoms with Gasteiger partial charge in [-0.05, 0) is 60.3 Å². The number of piperidine rings is 3. The van der Waals surface area contributed by atoms with Crippen molar-refractivity contribution in [2.45, 2.75) is 63.2 Å². The lowest BCUT2D eigenvalue weighted by molar-refractivity contribution is -0.938. The highest BCUT2D eigenvalue weighted by Gasteiger charge is 2.48. The molecule has 304 valence electrons. The molecule has 3 fully saturated rings. The van der Waals surface area contributed by atoms with E-state index in [1.54, 1.807) is 12.1 Å². The van der Waals surface area contributed by atoms with Crippen LogP contribution in [0.15, 0.2) is 114 Å². The molecule has 11 nitrogen and oxygen atoms in total. The van der Waals surface area contributed by atoms with Gasteiger partial charge in [0.25, 0.3) is 0 Å². The van der Waals surface area contributed by atoms with Crippen molar-refractivity contribution in [1.29, 1.82) is 0 Å².